The number of halogens is 1. The predicted octanol–water partition coefficient (Wildman–Crippen LogP) is 5.00. The largest absolute Gasteiger partial charge is 0.488 e. The van der Waals surface area contributed by atoms with Gasteiger partial charge < -0.3 is 10.1 Å². The lowest BCUT2D eigenvalue weighted by Gasteiger charge is -2.08. The van der Waals surface area contributed by atoms with E-state index >= 15 is 0 Å². The number of hydrogen-bond acceptors (Lipinski definition) is 7. The number of rotatable bonds is 11. The number of thiophene rings is 1. The van der Waals surface area contributed by atoms with Crippen LogP contribution in [0, 0.1) is 0 Å². The Morgan fingerprint density at radius 1 is 1.00 bits per heavy atom. The summed E-state index contributed by atoms with van der Waals surface area (Å²) in [5.41, 5.74) is 2.23. The maximum atomic E-state index is 5.81. The van der Waals surface area contributed by atoms with E-state index in [1.165, 1.54) is 10.4 Å². The van der Waals surface area contributed by atoms with Gasteiger partial charge in [-0.1, -0.05) is 48.2 Å². The summed E-state index contributed by atoms with van der Waals surface area (Å²) in [5, 5.41) is 18.4. The topological polar surface area (TPSA) is 64.9 Å². The normalized spacial score (nSPS) is 10.6. The van der Waals surface area contributed by atoms with Crippen LogP contribution in [-0.4, -0.2) is 32.5 Å². The van der Waals surface area contributed by atoms with Gasteiger partial charge in [0.05, 0.1) is 5.69 Å². The third kappa shape index (κ3) is 7.07. The van der Waals surface area contributed by atoms with Crippen LogP contribution in [0.3, 0.4) is 0 Å². The maximum absolute atomic E-state index is 5.81. The molecule has 0 spiro atoms. The monoisotopic (exact) mass is 473 g/mol. The molecule has 0 aliphatic rings. The van der Waals surface area contributed by atoms with Crippen molar-refractivity contribution in [3.63, 3.8) is 0 Å². The third-order valence-corrected chi connectivity index (χ3v) is 6.24. The van der Waals surface area contributed by atoms with Crippen LogP contribution in [-0.2, 0) is 13.2 Å². The highest BCUT2D eigenvalue weighted by molar-refractivity contribution is 7.99. The van der Waals surface area contributed by atoms with E-state index in [4.69, 9.17) is 4.74 Å². The van der Waals surface area contributed by atoms with E-state index in [2.05, 4.69) is 44.4 Å². The molecule has 2 heterocycles. The highest BCUT2D eigenvalue weighted by Crippen LogP contribution is 2.19. The summed E-state index contributed by atoms with van der Waals surface area (Å²) in [6.45, 7) is 2.41. The van der Waals surface area contributed by atoms with Crippen molar-refractivity contribution in [2.75, 3.05) is 12.3 Å². The molecule has 0 radical (unpaired) electrons. The second-order valence-corrected chi connectivity index (χ2v) is 8.69. The molecule has 31 heavy (non-hydrogen) atoms. The second-order valence-electron chi connectivity index (χ2n) is 6.60. The highest BCUT2D eigenvalue weighted by Gasteiger charge is 2.08. The van der Waals surface area contributed by atoms with Crippen molar-refractivity contribution >= 4 is 35.5 Å². The Kier molecular flexibility index (Phi) is 9.36. The van der Waals surface area contributed by atoms with Crippen molar-refractivity contribution in [2.45, 2.75) is 24.7 Å². The first-order chi connectivity index (χ1) is 14.9. The van der Waals surface area contributed by atoms with Crippen molar-refractivity contribution in [3.05, 3.63) is 82.6 Å². The fourth-order valence-corrected chi connectivity index (χ4v) is 4.29. The lowest BCUT2D eigenvalue weighted by molar-refractivity contribution is 0.309. The minimum atomic E-state index is 0. The van der Waals surface area contributed by atoms with Gasteiger partial charge in [0.15, 0.2) is 0 Å². The zero-order valence-electron chi connectivity index (χ0n) is 16.9. The molecule has 0 unspecified atom stereocenters. The van der Waals surface area contributed by atoms with Crippen LogP contribution >= 0.6 is 35.5 Å². The Hall–Kier alpha value is -2.39. The van der Waals surface area contributed by atoms with Gasteiger partial charge in [-0.2, -0.15) is 4.68 Å². The lowest BCUT2D eigenvalue weighted by atomic mass is 10.2. The molecule has 0 aliphatic carbocycles. The molecule has 4 aromatic rings. The number of nitrogens with one attached hydrogen (secondary N) is 1. The fraction of sp³-hybridized carbons (Fsp3) is 0.227. The molecule has 6 nitrogen and oxygen atoms in total. The molecular formula is C22H24ClN5OS2. The van der Waals surface area contributed by atoms with Crippen LogP contribution < -0.4 is 10.1 Å². The number of tetrazole rings is 1. The Morgan fingerprint density at radius 3 is 2.61 bits per heavy atom. The summed E-state index contributed by atoms with van der Waals surface area (Å²) in [6.07, 6.45) is 1.04. The van der Waals surface area contributed by atoms with Crippen molar-refractivity contribution in [2.24, 2.45) is 0 Å². The van der Waals surface area contributed by atoms with Crippen LogP contribution in [0.2, 0.25) is 0 Å². The van der Waals surface area contributed by atoms with Gasteiger partial charge in [-0.25, -0.2) is 0 Å². The zero-order chi connectivity index (χ0) is 20.4. The number of para-hydroxylation sites is 1. The number of ether oxygens (including phenoxy) is 1. The van der Waals surface area contributed by atoms with Gasteiger partial charge in [-0.3, -0.25) is 0 Å². The minimum absolute atomic E-state index is 0. The fourth-order valence-electron chi connectivity index (χ4n) is 2.85. The van der Waals surface area contributed by atoms with Gasteiger partial charge in [0, 0.05) is 17.2 Å². The van der Waals surface area contributed by atoms with E-state index in [-0.39, 0.29) is 12.4 Å². The standard InChI is InChI=1S/C22H23N5OS2.ClH/c1-2-6-19(7-3-1)27-22(24-25-26-27)30-15-5-13-23-16-18-9-11-20(12-10-18)28-17-21-8-4-14-29-21;/h1-4,6-12,14,23H,5,13,15-17H2;1H. The van der Waals surface area contributed by atoms with E-state index in [0.717, 1.165) is 41.9 Å². The van der Waals surface area contributed by atoms with E-state index in [0.29, 0.717) is 6.61 Å². The van der Waals surface area contributed by atoms with Crippen LogP contribution in [0.25, 0.3) is 5.69 Å². The van der Waals surface area contributed by atoms with Gasteiger partial charge in [0.2, 0.25) is 5.16 Å². The quantitative estimate of drug-likeness (QED) is 0.244. The van der Waals surface area contributed by atoms with E-state index in [1.807, 2.05) is 48.5 Å². The molecule has 0 saturated heterocycles. The summed E-state index contributed by atoms with van der Waals surface area (Å²) in [5.74, 6) is 1.86. The Labute approximate surface area is 196 Å². The number of hydrogen-bond donors (Lipinski definition) is 1. The number of benzene rings is 2. The molecule has 0 saturated carbocycles. The van der Waals surface area contributed by atoms with Crippen LogP contribution in [0.15, 0.2) is 77.3 Å². The Morgan fingerprint density at radius 2 is 1.84 bits per heavy atom. The molecule has 9 heteroatoms. The summed E-state index contributed by atoms with van der Waals surface area (Å²) < 4.78 is 7.59. The first-order valence-electron chi connectivity index (χ1n) is 9.80. The van der Waals surface area contributed by atoms with Gasteiger partial charge in [0.25, 0.3) is 0 Å². The van der Waals surface area contributed by atoms with E-state index < -0.39 is 0 Å². The van der Waals surface area contributed by atoms with Gasteiger partial charge in [-0.15, -0.1) is 28.8 Å². The van der Waals surface area contributed by atoms with Gasteiger partial charge in [-0.05, 0) is 64.7 Å². The number of thioether (sulfide) groups is 1. The number of aromatic nitrogens is 4. The molecular weight excluding hydrogens is 450 g/mol. The minimum Gasteiger partial charge on any atom is -0.488 e. The van der Waals surface area contributed by atoms with Gasteiger partial charge in [0.1, 0.15) is 12.4 Å². The second kappa shape index (κ2) is 12.5. The molecule has 0 atom stereocenters. The molecule has 4 rings (SSSR count). The molecule has 2 aromatic carbocycles. The summed E-state index contributed by atoms with van der Waals surface area (Å²) in [7, 11) is 0. The highest BCUT2D eigenvalue weighted by atomic mass is 35.5. The molecule has 2 aromatic heterocycles. The van der Waals surface area contributed by atoms with Crippen LogP contribution in [0.5, 0.6) is 5.75 Å². The Balaban J connectivity index is 0.00000272. The molecule has 0 aliphatic heterocycles. The smallest absolute Gasteiger partial charge is 0.214 e. The summed E-state index contributed by atoms with van der Waals surface area (Å²) >= 11 is 3.38. The molecule has 1 N–H and O–H groups in total. The molecule has 0 fully saturated rings. The van der Waals surface area contributed by atoms with Crippen LogP contribution in [0.1, 0.15) is 16.9 Å². The van der Waals surface area contributed by atoms with E-state index in [9.17, 15) is 0 Å². The predicted molar refractivity (Wildman–Crippen MR) is 129 cm³/mol. The van der Waals surface area contributed by atoms with Crippen molar-refractivity contribution in [1.29, 1.82) is 0 Å². The van der Waals surface area contributed by atoms with Crippen LogP contribution in [0.4, 0.5) is 0 Å². The molecule has 0 amide bonds. The lowest BCUT2D eigenvalue weighted by Crippen LogP contribution is -2.15. The summed E-state index contributed by atoms with van der Waals surface area (Å²) in [6, 6.07) is 22.4. The first-order valence-corrected chi connectivity index (χ1v) is 11.7. The molecule has 162 valence electrons. The zero-order valence-corrected chi connectivity index (χ0v) is 19.3. The third-order valence-electron chi connectivity index (χ3n) is 4.38. The Bertz CT molecular complexity index is 1010. The SMILES string of the molecule is Cl.c1ccc(-n2nnnc2SCCCNCc2ccc(OCc3cccs3)cc2)cc1. The van der Waals surface area contributed by atoms with Crippen molar-refractivity contribution < 1.29 is 4.74 Å². The van der Waals surface area contributed by atoms with Crippen molar-refractivity contribution in [3.8, 4) is 11.4 Å². The average Bonchev–Trinajstić information content (AvgIpc) is 3.48. The van der Waals surface area contributed by atoms with Crippen molar-refractivity contribution in [1.82, 2.24) is 25.5 Å². The average molecular weight is 474 g/mol. The first kappa shape index (κ1) is 23.3. The van der Waals surface area contributed by atoms with E-state index in [1.54, 1.807) is 27.8 Å². The summed E-state index contributed by atoms with van der Waals surface area (Å²) in [4.78, 5) is 1.23. The number of nitrogens with zero attached hydrogens (tertiary/aromatic N) is 4. The molecule has 0 bridgehead atoms. The maximum Gasteiger partial charge on any atom is 0.214 e. The van der Waals surface area contributed by atoms with Gasteiger partial charge >= 0.3 is 0 Å².